The Balaban J connectivity index is 1.87. The van der Waals surface area contributed by atoms with Gasteiger partial charge in [-0.25, -0.2) is 0 Å². The number of carbonyl (C=O) groups excluding carboxylic acids is 2. The van der Waals surface area contributed by atoms with Crippen molar-refractivity contribution in [1.29, 1.82) is 0 Å². The Morgan fingerprint density at radius 3 is 2.47 bits per heavy atom. The maximum Gasteiger partial charge on any atom is 0.296 e. The van der Waals surface area contributed by atoms with E-state index in [1.54, 1.807) is 60.7 Å². The molecule has 6 nitrogen and oxygen atoms in total. The number of ether oxygens (including phenoxy) is 1. The highest BCUT2D eigenvalue weighted by atomic mass is 35.5. The highest BCUT2D eigenvalue weighted by Crippen LogP contribution is 2.42. The fourth-order valence-corrected chi connectivity index (χ4v) is 3.78. The molecule has 2 heterocycles. The molecule has 1 amide bonds. The number of carbonyl (C=O) groups is 2. The zero-order valence-electron chi connectivity index (χ0n) is 16.0. The van der Waals surface area contributed by atoms with E-state index < -0.39 is 17.7 Å². The summed E-state index contributed by atoms with van der Waals surface area (Å²) >= 11 is 6.41. The van der Waals surface area contributed by atoms with Gasteiger partial charge < -0.3 is 19.2 Å². The molecule has 4 rings (SSSR count). The number of likely N-dealkylation sites (tertiary alicyclic amines) is 1. The average Bonchev–Trinajstić information content (AvgIpc) is 3.36. The van der Waals surface area contributed by atoms with E-state index in [9.17, 15) is 14.7 Å². The SMILES string of the molecule is COc1ccc(C(O)=C2C(=O)C(=O)N(Cc3ccco3)[C@H]2c2ccccc2Cl)cc1. The second-order valence-corrected chi connectivity index (χ2v) is 7.16. The molecule has 7 heteroatoms. The predicted molar refractivity (Wildman–Crippen MR) is 111 cm³/mol. The molecule has 2 aromatic carbocycles. The predicted octanol–water partition coefficient (Wildman–Crippen LogP) is 4.56. The van der Waals surface area contributed by atoms with Crippen LogP contribution in [-0.4, -0.2) is 28.8 Å². The molecule has 0 unspecified atom stereocenters. The number of methoxy groups -OCH3 is 1. The van der Waals surface area contributed by atoms with Gasteiger partial charge in [0.1, 0.15) is 17.3 Å². The monoisotopic (exact) mass is 423 g/mol. The van der Waals surface area contributed by atoms with E-state index in [1.165, 1.54) is 18.3 Å². The molecule has 0 bridgehead atoms. The van der Waals surface area contributed by atoms with Crippen molar-refractivity contribution >= 4 is 29.1 Å². The quantitative estimate of drug-likeness (QED) is 0.369. The fourth-order valence-electron chi connectivity index (χ4n) is 3.54. The third-order valence-corrected chi connectivity index (χ3v) is 5.35. The summed E-state index contributed by atoms with van der Waals surface area (Å²) in [6.45, 7) is 0.0624. The van der Waals surface area contributed by atoms with Crippen molar-refractivity contribution in [3.05, 3.63) is 94.4 Å². The Bertz CT molecular complexity index is 1120. The van der Waals surface area contributed by atoms with Gasteiger partial charge in [-0.15, -0.1) is 0 Å². The van der Waals surface area contributed by atoms with Crippen molar-refractivity contribution in [3.63, 3.8) is 0 Å². The summed E-state index contributed by atoms with van der Waals surface area (Å²) in [6, 6.07) is 16.1. The molecule has 1 N–H and O–H groups in total. The smallest absolute Gasteiger partial charge is 0.296 e. The molecular weight excluding hydrogens is 406 g/mol. The number of aliphatic hydroxyl groups excluding tert-OH is 1. The van der Waals surface area contributed by atoms with E-state index in [-0.39, 0.29) is 17.9 Å². The second kappa shape index (κ2) is 8.08. The summed E-state index contributed by atoms with van der Waals surface area (Å²) in [5.41, 5.74) is 0.911. The van der Waals surface area contributed by atoms with Crippen LogP contribution in [0.1, 0.15) is 22.9 Å². The fraction of sp³-hybridized carbons (Fsp3) is 0.130. The number of rotatable bonds is 5. The molecule has 1 aliphatic heterocycles. The van der Waals surface area contributed by atoms with Crippen LogP contribution in [0.15, 0.2) is 76.9 Å². The lowest BCUT2D eigenvalue weighted by molar-refractivity contribution is -0.140. The number of aliphatic hydroxyl groups is 1. The van der Waals surface area contributed by atoms with Crippen molar-refractivity contribution in [2.45, 2.75) is 12.6 Å². The van der Waals surface area contributed by atoms with Crippen molar-refractivity contribution in [2.24, 2.45) is 0 Å². The molecule has 0 spiro atoms. The van der Waals surface area contributed by atoms with Gasteiger partial charge >= 0.3 is 0 Å². The van der Waals surface area contributed by atoms with Gasteiger partial charge in [0.2, 0.25) is 0 Å². The van der Waals surface area contributed by atoms with Gasteiger partial charge in [0, 0.05) is 10.6 Å². The highest BCUT2D eigenvalue weighted by molar-refractivity contribution is 6.46. The summed E-state index contributed by atoms with van der Waals surface area (Å²) in [5, 5.41) is 11.4. The van der Waals surface area contributed by atoms with Crippen LogP contribution in [0.5, 0.6) is 5.75 Å². The molecule has 1 saturated heterocycles. The largest absolute Gasteiger partial charge is 0.507 e. The number of hydrogen-bond donors (Lipinski definition) is 1. The van der Waals surface area contributed by atoms with Crippen molar-refractivity contribution in [2.75, 3.05) is 7.11 Å². The van der Waals surface area contributed by atoms with Gasteiger partial charge in [0.25, 0.3) is 11.7 Å². The molecular formula is C23H18ClNO5. The zero-order valence-corrected chi connectivity index (χ0v) is 16.8. The first kappa shape index (κ1) is 19.8. The van der Waals surface area contributed by atoms with E-state index in [0.29, 0.717) is 27.7 Å². The summed E-state index contributed by atoms with van der Waals surface area (Å²) in [6.07, 6.45) is 1.49. The average molecular weight is 424 g/mol. The van der Waals surface area contributed by atoms with E-state index in [1.807, 2.05) is 0 Å². The van der Waals surface area contributed by atoms with Crippen LogP contribution in [-0.2, 0) is 16.1 Å². The summed E-state index contributed by atoms with van der Waals surface area (Å²) in [5.74, 6) is -0.667. The van der Waals surface area contributed by atoms with Crippen molar-refractivity contribution < 1.29 is 23.8 Å². The van der Waals surface area contributed by atoms with Gasteiger partial charge in [-0.2, -0.15) is 0 Å². The molecule has 1 fully saturated rings. The molecule has 0 radical (unpaired) electrons. The standard InChI is InChI=1S/C23H18ClNO5/c1-29-15-10-8-14(9-11-15)21(26)19-20(17-6-2-3-7-18(17)24)25(23(28)22(19)27)13-16-5-4-12-30-16/h2-12,20,26H,13H2,1H3/t20-/m0/s1. The zero-order chi connectivity index (χ0) is 21.3. The van der Waals surface area contributed by atoms with Crippen LogP contribution in [0.2, 0.25) is 5.02 Å². The van der Waals surface area contributed by atoms with Gasteiger partial charge in [-0.3, -0.25) is 9.59 Å². The van der Waals surface area contributed by atoms with Crippen LogP contribution in [0.25, 0.3) is 5.76 Å². The van der Waals surface area contributed by atoms with E-state index >= 15 is 0 Å². The van der Waals surface area contributed by atoms with Gasteiger partial charge in [0.05, 0.1) is 31.5 Å². The van der Waals surface area contributed by atoms with Gasteiger partial charge in [-0.05, 0) is 48.0 Å². The van der Waals surface area contributed by atoms with E-state index in [2.05, 4.69) is 0 Å². The highest BCUT2D eigenvalue weighted by Gasteiger charge is 2.47. The number of amides is 1. The third-order valence-electron chi connectivity index (χ3n) is 5.01. The topological polar surface area (TPSA) is 80.0 Å². The molecule has 152 valence electrons. The molecule has 1 aromatic heterocycles. The van der Waals surface area contributed by atoms with Crippen molar-refractivity contribution in [3.8, 4) is 5.75 Å². The van der Waals surface area contributed by atoms with E-state index in [0.717, 1.165) is 0 Å². The van der Waals surface area contributed by atoms with E-state index in [4.69, 9.17) is 20.8 Å². The van der Waals surface area contributed by atoms with Crippen LogP contribution >= 0.6 is 11.6 Å². The first-order chi connectivity index (χ1) is 14.5. The Morgan fingerprint density at radius 2 is 1.83 bits per heavy atom. The molecule has 1 atom stereocenters. The lowest BCUT2D eigenvalue weighted by atomic mass is 9.95. The van der Waals surface area contributed by atoms with Crippen LogP contribution in [0.4, 0.5) is 0 Å². The third kappa shape index (κ3) is 3.46. The van der Waals surface area contributed by atoms with Crippen LogP contribution < -0.4 is 4.74 Å². The minimum absolute atomic E-state index is 0.0233. The minimum Gasteiger partial charge on any atom is -0.507 e. The maximum atomic E-state index is 13.0. The van der Waals surface area contributed by atoms with Gasteiger partial charge in [0.15, 0.2) is 0 Å². The Morgan fingerprint density at radius 1 is 1.10 bits per heavy atom. The van der Waals surface area contributed by atoms with Crippen LogP contribution in [0, 0.1) is 0 Å². The first-order valence-corrected chi connectivity index (χ1v) is 9.58. The number of furan rings is 1. The molecule has 3 aromatic rings. The summed E-state index contributed by atoms with van der Waals surface area (Å²) < 4.78 is 10.5. The number of benzene rings is 2. The second-order valence-electron chi connectivity index (χ2n) is 6.76. The molecule has 0 aliphatic carbocycles. The Labute approximate surface area is 177 Å². The van der Waals surface area contributed by atoms with Crippen molar-refractivity contribution in [1.82, 2.24) is 4.90 Å². The lowest BCUT2D eigenvalue weighted by Gasteiger charge is -2.25. The van der Waals surface area contributed by atoms with Crippen LogP contribution in [0.3, 0.4) is 0 Å². The normalized spacial score (nSPS) is 18.1. The lowest BCUT2D eigenvalue weighted by Crippen LogP contribution is -2.29. The molecule has 0 saturated carbocycles. The first-order valence-electron chi connectivity index (χ1n) is 9.21. The number of halogens is 1. The maximum absolute atomic E-state index is 13.0. The number of hydrogen-bond acceptors (Lipinski definition) is 5. The summed E-state index contributed by atoms with van der Waals surface area (Å²) in [4.78, 5) is 27.2. The minimum atomic E-state index is -0.856. The Kier molecular flexibility index (Phi) is 5.33. The number of ketones is 1. The number of Topliss-reactive ketones (excluding diaryl/α,β-unsaturated/α-hetero) is 1. The molecule has 1 aliphatic rings. The van der Waals surface area contributed by atoms with Gasteiger partial charge in [-0.1, -0.05) is 29.8 Å². The Hall–Kier alpha value is -3.51. The molecule has 30 heavy (non-hydrogen) atoms. The number of nitrogens with zero attached hydrogens (tertiary/aromatic N) is 1. The summed E-state index contributed by atoms with van der Waals surface area (Å²) in [7, 11) is 1.53.